The van der Waals surface area contributed by atoms with Gasteiger partial charge in [0.15, 0.2) is 5.82 Å². The highest BCUT2D eigenvalue weighted by atomic mass is 16.2. The minimum absolute atomic E-state index is 0.383. The first-order chi connectivity index (χ1) is 18.6. The molecule has 3 aromatic heterocycles. The third-order valence-corrected chi connectivity index (χ3v) is 6.21. The minimum Gasteiger partial charge on any atom is -0.337 e. The van der Waals surface area contributed by atoms with Crippen LogP contribution in [0.25, 0.3) is 33.3 Å². The maximum atomic E-state index is 13.3. The summed E-state index contributed by atoms with van der Waals surface area (Å²) in [4.78, 5) is 43.1. The number of H-pyrrole nitrogens is 1. The Balaban J connectivity index is 1.27. The largest absolute Gasteiger partial charge is 0.337 e. The number of hydrogen-bond acceptors (Lipinski definition) is 5. The van der Waals surface area contributed by atoms with Gasteiger partial charge in [-0.25, -0.2) is 9.97 Å². The summed E-state index contributed by atoms with van der Waals surface area (Å²) in [6.45, 7) is 0. The van der Waals surface area contributed by atoms with Crippen LogP contribution in [0.3, 0.4) is 0 Å². The fourth-order valence-electron chi connectivity index (χ4n) is 4.28. The van der Waals surface area contributed by atoms with E-state index in [0.717, 1.165) is 16.3 Å². The number of rotatable bonds is 6. The molecule has 2 amide bonds. The van der Waals surface area contributed by atoms with Crippen molar-refractivity contribution in [3.8, 4) is 11.5 Å². The minimum atomic E-state index is -0.919. The van der Waals surface area contributed by atoms with E-state index in [4.69, 9.17) is 0 Å². The van der Waals surface area contributed by atoms with Gasteiger partial charge in [0.1, 0.15) is 17.6 Å². The van der Waals surface area contributed by atoms with Gasteiger partial charge in [0.05, 0.1) is 11.0 Å². The quantitative estimate of drug-likeness (QED) is 0.289. The topological polar surface area (TPSA) is 113 Å². The molecule has 0 aliphatic carbocycles. The molecule has 6 rings (SSSR count). The predicted octanol–water partition coefficient (Wildman–Crippen LogP) is 5.28. The molecule has 0 saturated carbocycles. The van der Waals surface area contributed by atoms with Gasteiger partial charge in [-0.3, -0.25) is 14.6 Å². The summed E-state index contributed by atoms with van der Waals surface area (Å²) in [5, 5.41) is 7.75. The van der Waals surface area contributed by atoms with E-state index in [1.54, 1.807) is 54.7 Å². The van der Waals surface area contributed by atoms with E-state index in [9.17, 15) is 9.59 Å². The fourth-order valence-corrected chi connectivity index (χ4v) is 4.28. The second-order valence-electron chi connectivity index (χ2n) is 8.76. The summed E-state index contributed by atoms with van der Waals surface area (Å²) in [5.41, 5.74) is 3.14. The monoisotopic (exact) mass is 498 g/mol. The number of imidazole rings is 1. The number of carbonyl (C=O) groups is 2. The number of nitrogens with one attached hydrogen (secondary N) is 3. The van der Waals surface area contributed by atoms with Crippen LogP contribution in [-0.2, 0) is 4.79 Å². The SMILES string of the molecule is O=C(NC(C(=O)Nc1ccccn1)c1ccccc1)c1ccc2[nH]c(-c3cc4ccccc4cn3)nc2c1. The number of aromatic nitrogens is 4. The number of pyridine rings is 2. The molecule has 0 radical (unpaired) electrons. The van der Waals surface area contributed by atoms with Crippen molar-refractivity contribution in [2.75, 3.05) is 5.32 Å². The van der Waals surface area contributed by atoms with Crippen LogP contribution >= 0.6 is 0 Å². The highest BCUT2D eigenvalue weighted by molar-refractivity contribution is 6.02. The molecule has 3 N–H and O–H groups in total. The third kappa shape index (κ3) is 4.70. The lowest BCUT2D eigenvalue weighted by atomic mass is 10.1. The Morgan fingerprint density at radius 1 is 0.789 bits per heavy atom. The van der Waals surface area contributed by atoms with Gasteiger partial charge >= 0.3 is 0 Å². The van der Waals surface area contributed by atoms with E-state index >= 15 is 0 Å². The molecule has 38 heavy (non-hydrogen) atoms. The fraction of sp³-hybridized carbons (Fsp3) is 0.0333. The summed E-state index contributed by atoms with van der Waals surface area (Å²) < 4.78 is 0. The number of carbonyl (C=O) groups excluding carboxylic acids is 2. The van der Waals surface area contributed by atoms with Gasteiger partial charge in [0.25, 0.3) is 11.8 Å². The van der Waals surface area contributed by atoms with Gasteiger partial charge in [0.2, 0.25) is 0 Å². The zero-order valence-corrected chi connectivity index (χ0v) is 20.1. The van der Waals surface area contributed by atoms with E-state index in [0.29, 0.717) is 34.0 Å². The van der Waals surface area contributed by atoms with E-state index in [1.165, 1.54) is 0 Å². The van der Waals surface area contributed by atoms with Gasteiger partial charge in [0, 0.05) is 23.3 Å². The van der Waals surface area contributed by atoms with Crippen molar-refractivity contribution >= 4 is 39.4 Å². The first-order valence-corrected chi connectivity index (χ1v) is 12.1. The molecule has 0 spiro atoms. The number of aromatic amines is 1. The number of nitrogens with zero attached hydrogens (tertiary/aromatic N) is 3. The molecule has 1 unspecified atom stereocenters. The third-order valence-electron chi connectivity index (χ3n) is 6.21. The van der Waals surface area contributed by atoms with Crippen molar-refractivity contribution in [1.82, 2.24) is 25.3 Å². The Morgan fingerprint density at radius 3 is 2.39 bits per heavy atom. The summed E-state index contributed by atoms with van der Waals surface area (Å²) >= 11 is 0. The molecule has 8 heteroatoms. The number of hydrogen-bond donors (Lipinski definition) is 3. The number of fused-ring (bicyclic) bond motifs is 2. The predicted molar refractivity (Wildman–Crippen MR) is 146 cm³/mol. The molecule has 0 aliphatic heterocycles. The molecule has 0 aliphatic rings. The van der Waals surface area contributed by atoms with Crippen LogP contribution in [-0.4, -0.2) is 31.8 Å². The van der Waals surface area contributed by atoms with E-state index in [1.807, 2.05) is 54.7 Å². The molecular weight excluding hydrogens is 476 g/mol. The van der Waals surface area contributed by atoms with E-state index < -0.39 is 17.9 Å². The average molecular weight is 499 g/mol. The molecule has 0 saturated heterocycles. The van der Waals surface area contributed by atoms with Gasteiger partial charge in [-0.1, -0.05) is 60.7 Å². The van der Waals surface area contributed by atoms with Crippen LogP contribution in [0.4, 0.5) is 5.82 Å². The van der Waals surface area contributed by atoms with Crippen molar-refractivity contribution < 1.29 is 9.59 Å². The van der Waals surface area contributed by atoms with Gasteiger partial charge in [-0.05, 0) is 47.3 Å². The van der Waals surface area contributed by atoms with Crippen LogP contribution < -0.4 is 10.6 Å². The molecular formula is C30H22N6O2. The van der Waals surface area contributed by atoms with Crippen LogP contribution in [0, 0.1) is 0 Å². The van der Waals surface area contributed by atoms with Crippen LogP contribution in [0.2, 0.25) is 0 Å². The van der Waals surface area contributed by atoms with E-state index in [-0.39, 0.29) is 0 Å². The number of anilines is 1. The highest BCUT2D eigenvalue weighted by Crippen LogP contribution is 2.24. The van der Waals surface area contributed by atoms with Gasteiger partial charge in [-0.2, -0.15) is 0 Å². The Bertz CT molecular complexity index is 1770. The number of benzene rings is 3. The summed E-state index contributed by atoms with van der Waals surface area (Å²) in [7, 11) is 0. The normalized spacial score (nSPS) is 11.8. The van der Waals surface area contributed by atoms with Crippen molar-refractivity contribution in [2.24, 2.45) is 0 Å². The molecule has 8 nitrogen and oxygen atoms in total. The average Bonchev–Trinajstić information content (AvgIpc) is 3.40. The van der Waals surface area contributed by atoms with Crippen molar-refractivity contribution in [3.05, 3.63) is 121 Å². The molecule has 0 bridgehead atoms. The first kappa shape index (κ1) is 23.1. The van der Waals surface area contributed by atoms with Gasteiger partial charge < -0.3 is 15.6 Å². The van der Waals surface area contributed by atoms with Gasteiger partial charge in [-0.15, -0.1) is 0 Å². The van der Waals surface area contributed by atoms with Crippen LogP contribution in [0.15, 0.2) is 109 Å². The molecule has 3 heterocycles. The first-order valence-electron chi connectivity index (χ1n) is 12.1. The summed E-state index contributed by atoms with van der Waals surface area (Å²) in [5.74, 6) is 0.222. The Morgan fingerprint density at radius 2 is 1.58 bits per heavy atom. The second-order valence-corrected chi connectivity index (χ2v) is 8.76. The van der Waals surface area contributed by atoms with Crippen molar-refractivity contribution in [3.63, 3.8) is 0 Å². The lowest BCUT2D eigenvalue weighted by molar-refractivity contribution is -0.118. The standard InChI is InChI=1S/C30H22N6O2/c37-29(36-27(19-8-2-1-3-9-19)30(38)35-26-12-6-7-15-31-26)21-13-14-23-24(17-21)34-28(33-23)25-16-20-10-4-5-11-22(20)18-32-25/h1-18,27H,(H,33,34)(H,36,37)(H,31,35,38). The molecule has 0 fully saturated rings. The Kier molecular flexibility index (Phi) is 6.03. The maximum absolute atomic E-state index is 13.3. The maximum Gasteiger partial charge on any atom is 0.252 e. The lowest BCUT2D eigenvalue weighted by Gasteiger charge is -2.18. The lowest BCUT2D eigenvalue weighted by Crippen LogP contribution is -2.37. The molecule has 3 aromatic carbocycles. The second kappa shape index (κ2) is 9.94. The Hall–Kier alpha value is -5.37. The Labute approximate surface area is 217 Å². The molecule has 1 atom stereocenters. The zero-order chi connectivity index (χ0) is 25.9. The smallest absolute Gasteiger partial charge is 0.252 e. The number of amides is 2. The molecule has 6 aromatic rings. The van der Waals surface area contributed by atoms with E-state index in [2.05, 4.69) is 30.6 Å². The zero-order valence-electron chi connectivity index (χ0n) is 20.1. The summed E-state index contributed by atoms with van der Waals surface area (Å²) in [6, 6.07) is 28.6. The summed E-state index contributed by atoms with van der Waals surface area (Å²) in [6.07, 6.45) is 3.41. The molecule has 184 valence electrons. The van der Waals surface area contributed by atoms with Crippen LogP contribution in [0.1, 0.15) is 22.0 Å². The highest BCUT2D eigenvalue weighted by Gasteiger charge is 2.24. The van der Waals surface area contributed by atoms with Crippen molar-refractivity contribution in [1.29, 1.82) is 0 Å². The van der Waals surface area contributed by atoms with Crippen molar-refractivity contribution in [2.45, 2.75) is 6.04 Å². The van der Waals surface area contributed by atoms with Crippen LogP contribution in [0.5, 0.6) is 0 Å².